The fourth-order valence-electron chi connectivity index (χ4n) is 4.60. The lowest BCUT2D eigenvalue weighted by Crippen LogP contribution is -2.22. The molecule has 2 amide bonds. The van der Waals surface area contributed by atoms with Crippen LogP contribution in [-0.2, 0) is 16.0 Å². The van der Waals surface area contributed by atoms with Crippen LogP contribution in [-0.4, -0.2) is 61.4 Å². The molecule has 3 aromatic carbocycles. The number of carbonyl (C=O) groups is 2. The van der Waals surface area contributed by atoms with Gasteiger partial charge in [0.1, 0.15) is 17.2 Å². The number of ether oxygens (including phenoxy) is 3. The van der Waals surface area contributed by atoms with Crippen molar-refractivity contribution in [2.24, 2.45) is 0 Å². The maximum Gasteiger partial charge on any atom is 0.253 e. The largest absolute Gasteiger partial charge is 0.497 e. The second-order valence-electron chi connectivity index (χ2n) is 10.1. The molecule has 0 bridgehead atoms. The van der Waals surface area contributed by atoms with Gasteiger partial charge in [0.15, 0.2) is 0 Å². The van der Waals surface area contributed by atoms with E-state index >= 15 is 0 Å². The summed E-state index contributed by atoms with van der Waals surface area (Å²) >= 11 is 0. The van der Waals surface area contributed by atoms with E-state index in [-0.39, 0.29) is 11.8 Å². The number of carbonyl (C=O) groups excluding carboxylic acids is 2. The molecule has 4 rings (SSSR count). The number of aromatic nitrogens is 2. The third kappa shape index (κ3) is 7.62. The SMILES string of the molecule is CCNC(=O)CCc1c(C)nn(-c2ccccc2)c1Oc1ccc(C(=Cc2cc(OC)cc(OC)c2)C(=O)N(C)C)cc1. The number of hydrogen-bond donors (Lipinski definition) is 1. The van der Waals surface area contributed by atoms with Gasteiger partial charge in [-0.3, -0.25) is 9.59 Å². The number of amides is 2. The quantitative estimate of drug-likeness (QED) is 0.170. The standard InChI is InChI=1S/C34H38N4O5/c1-7-35-32(39)18-17-30-23(2)36-38(26-11-9-8-10-12-26)34(30)43-27-15-13-25(14-16-27)31(33(40)37(3)4)21-24-19-28(41-5)22-29(20-24)42-6/h8-16,19-22H,7,17-18H2,1-6H3,(H,35,39). The second kappa shape index (κ2) is 14.2. The van der Waals surface area contributed by atoms with Crippen LogP contribution in [0.25, 0.3) is 17.3 Å². The summed E-state index contributed by atoms with van der Waals surface area (Å²) in [6, 6.07) is 22.5. The highest BCUT2D eigenvalue weighted by atomic mass is 16.5. The van der Waals surface area contributed by atoms with E-state index in [9.17, 15) is 9.59 Å². The van der Waals surface area contributed by atoms with Crippen molar-refractivity contribution in [2.75, 3.05) is 34.9 Å². The van der Waals surface area contributed by atoms with Gasteiger partial charge in [-0.1, -0.05) is 30.3 Å². The van der Waals surface area contributed by atoms with Crippen molar-refractivity contribution in [2.45, 2.75) is 26.7 Å². The van der Waals surface area contributed by atoms with Crippen LogP contribution in [0.3, 0.4) is 0 Å². The minimum absolute atomic E-state index is 0.0248. The molecule has 0 saturated carbocycles. The first-order chi connectivity index (χ1) is 20.7. The third-order valence-corrected chi connectivity index (χ3v) is 6.82. The molecule has 0 aliphatic carbocycles. The Labute approximate surface area is 252 Å². The second-order valence-corrected chi connectivity index (χ2v) is 10.1. The van der Waals surface area contributed by atoms with Gasteiger partial charge >= 0.3 is 0 Å². The molecule has 9 nitrogen and oxygen atoms in total. The molecule has 0 radical (unpaired) electrons. The van der Waals surface area contributed by atoms with E-state index in [1.807, 2.05) is 86.7 Å². The molecule has 0 saturated heterocycles. The monoisotopic (exact) mass is 582 g/mol. The fraction of sp³-hybridized carbons (Fsp3) is 0.265. The van der Waals surface area contributed by atoms with Crippen LogP contribution in [0.1, 0.15) is 35.7 Å². The van der Waals surface area contributed by atoms with Gasteiger partial charge in [0.05, 0.1) is 25.6 Å². The van der Waals surface area contributed by atoms with Crippen molar-refractivity contribution >= 4 is 23.5 Å². The Balaban J connectivity index is 1.70. The minimum Gasteiger partial charge on any atom is -0.497 e. The number of para-hydroxylation sites is 1. The van der Waals surface area contributed by atoms with Crippen molar-refractivity contribution in [1.29, 1.82) is 0 Å². The fourth-order valence-corrected chi connectivity index (χ4v) is 4.60. The Morgan fingerprint density at radius 2 is 1.58 bits per heavy atom. The lowest BCUT2D eigenvalue weighted by Gasteiger charge is -2.16. The van der Waals surface area contributed by atoms with Crippen LogP contribution in [0.5, 0.6) is 23.1 Å². The Morgan fingerprint density at radius 3 is 2.16 bits per heavy atom. The summed E-state index contributed by atoms with van der Waals surface area (Å²) in [5.41, 5.74) is 4.47. The molecular formula is C34H38N4O5. The molecule has 0 atom stereocenters. The Morgan fingerprint density at radius 1 is 0.930 bits per heavy atom. The molecule has 224 valence electrons. The van der Waals surface area contributed by atoms with Crippen LogP contribution in [0.4, 0.5) is 0 Å². The zero-order valence-corrected chi connectivity index (χ0v) is 25.5. The summed E-state index contributed by atoms with van der Waals surface area (Å²) in [6.07, 6.45) is 2.61. The maximum absolute atomic E-state index is 13.3. The third-order valence-electron chi connectivity index (χ3n) is 6.82. The van der Waals surface area contributed by atoms with Crippen molar-refractivity contribution in [3.8, 4) is 28.8 Å². The number of nitrogens with one attached hydrogen (secondary N) is 1. The van der Waals surface area contributed by atoms with E-state index in [2.05, 4.69) is 5.32 Å². The molecule has 0 aliphatic rings. The first-order valence-electron chi connectivity index (χ1n) is 14.1. The molecule has 4 aromatic rings. The van der Waals surface area contributed by atoms with E-state index in [0.717, 1.165) is 28.1 Å². The number of methoxy groups -OCH3 is 2. The summed E-state index contributed by atoms with van der Waals surface area (Å²) < 4.78 is 19.0. The molecular weight excluding hydrogens is 544 g/mol. The van der Waals surface area contributed by atoms with E-state index in [4.69, 9.17) is 19.3 Å². The summed E-state index contributed by atoms with van der Waals surface area (Å²) in [5.74, 6) is 2.19. The van der Waals surface area contributed by atoms with Gasteiger partial charge in [-0.2, -0.15) is 5.10 Å². The Kier molecular flexibility index (Phi) is 10.2. The van der Waals surface area contributed by atoms with Gasteiger partial charge < -0.3 is 24.4 Å². The highest BCUT2D eigenvalue weighted by Gasteiger charge is 2.21. The zero-order valence-electron chi connectivity index (χ0n) is 25.5. The number of nitrogens with zero attached hydrogens (tertiary/aromatic N) is 3. The molecule has 0 aliphatic heterocycles. The van der Waals surface area contributed by atoms with Crippen LogP contribution in [0.15, 0.2) is 72.8 Å². The van der Waals surface area contributed by atoms with Crippen LogP contribution in [0, 0.1) is 6.92 Å². The Bertz CT molecular complexity index is 1570. The number of hydrogen-bond acceptors (Lipinski definition) is 6. The van der Waals surface area contributed by atoms with Crippen LogP contribution in [0.2, 0.25) is 0 Å². The predicted molar refractivity (Wildman–Crippen MR) is 168 cm³/mol. The average Bonchev–Trinajstić information content (AvgIpc) is 3.33. The molecule has 0 spiro atoms. The normalized spacial score (nSPS) is 11.2. The molecule has 43 heavy (non-hydrogen) atoms. The van der Waals surface area contributed by atoms with Gasteiger partial charge in [-0.15, -0.1) is 0 Å². The van der Waals surface area contributed by atoms with Crippen molar-refractivity contribution in [3.63, 3.8) is 0 Å². The van der Waals surface area contributed by atoms with E-state index in [1.54, 1.807) is 39.1 Å². The van der Waals surface area contributed by atoms with Gasteiger partial charge in [0.25, 0.3) is 5.91 Å². The van der Waals surface area contributed by atoms with E-state index in [1.165, 1.54) is 4.90 Å². The predicted octanol–water partition coefficient (Wildman–Crippen LogP) is 5.69. The van der Waals surface area contributed by atoms with E-state index < -0.39 is 0 Å². The maximum atomic E-state index is 13.3. The van der Waals surface area contributed by atoms with Crippen LogP contribution >= 0.6 is 0 Å². The van der Waals surface area contributed by atoms with Gasteiger partial charge in [0, 0.05) is 44.3 Å². The minimum atomic E-state index is -0.152. The zero-order chi connectivity index (χ0) is 30.9. The molecule has 1 aromatic heterocycles. The summed E-state index contributed by atoms with van der Waals surface area (Å²) in [7, 11) is 6.61. The number of benzene rings is 3. The lowest BCUT2D eigenvalue weighted by atomic mass is 10.0. The molecule has 9 heteroatoms. The highest BCUT2D eigenvalue weighted by molar-refractivity contribution is 6.24. The topological polar surface area (TPSA) is 94.9 Å². The number of aryl methyl sites for hydroxylation is 1. The molecule has 0 unspecified atom stereocenters. The van der Waals surface area contributed by atoms with Crippen molar-refractivity contribution < 1.29 is 23.8 Å². The highest BCUT2D eigenvalue weighted by Crippen LogP contribution is 2.33. The number of likely N-dealkylation sites (N-methyl/N-ethyl adjacent to an activating group) is 1. The van der Waals surface area contributed by atoms with Crippen LogP contribution < -0.4 is 19.5 Å². The van der Waals surface area contributed by atoms with Crippen molar-refractivity contribution in [1.82, 2.24) is 20.0 Å². The van der Waals surface area contributed by atoms with E-state index in [0.29, 0.717) is 48.1 Å². The Hall–Kier alpha value is -5.05. The van der Waals surface area contributed by atoms with Gasteiger partial charge in [-0.25, -0.2) is 4.68 Å². The first-order valence-corrected chi connectivity index (χ1v) is 14.1. The summed E-state index contributed by atoms with van der Waals surface area (Å²) in [6.45, 7) is 4.39. The molecule has 1 heterocycles. The molecule has 0 fully saturated rings. The number of rotatable bonds is 12. The summed E-state index contributed by atoms with van der Waals surface area (Å²) in [4.78, 5) is 27.1. The van der Waals surface area contributed by atoms with Crippen molar-refractivity contribution in [3.05, 3.63) is 95.2 Å². The first kappa shape index (κ1) is 30.9. The lowest BCUT2D eigenvalue weighted by molar-refractivity contribution is -0.122. The van der Waals surface area contributed by atoms with Gasteiger partial charge in [0.2, 0.25) is 11.8 Å². The molecule has 1 N–H and O–H groups in total. The van der Waals surface area contributed by atoms with Gasteiger partial charge in [-0.05, 0) is 73.9 Å². The summed E-state index contributed by atoms with van der Waals surface area (Å²) in [5, 5.41) is 7.59. The average molecular weight is 583 g/mol. The smallest absolute Gasteiger partial charge is 0.253 e.